The van der Waals surface area contributed by atoms with Gasteiger partial charge >= 0.3 is 5.97 Å². The Bertz CT molecular complexity index is 268. The van der Waals surface area contributed by atoms with Gasteiger partial charge in [0.2, 0.25) is 0 Å². The second-order valence-electron chi connectivity index (χ2n) is 5.19. The van der Waals surface area contributed by atoms with Crippen LogP contribution in [0.1, 0.15) is 45.4 Å². The Morgan fingerprint density at radius 1 is 1.35 bits per heavy atom. The molecule has 0 amide bonds. The van der Waals surface area contributed by atoms with Crippen molar-refractivity contribution in [1.82, 2.24) is 5.32 Å². The fourth-order valence-electron chi connectivity index (χ4n) is 3.07. The molecule has 0 saturated heterocycles. The van der Waals surface area contributed by atoms with Gasteiger partial charge in [-0.1, -0.05) is 12.8 Å². The van der Waals surface area contributed by atoms with Gasteiger partial charge in [0.15, 0.2) is 0 Å². The van der Waals surface area contributed by atoms with Crippen LogP contribution in [0.15, 0.2) is 0 Å². The van der Waals surface area contributed by atoms with Crippen LogP contribution in [0.4, 0.5) is 0 Å². The molecule has 0 atom stereocenters. The van der Waals surface area contributed by atoms with Gasteiger partial charge in [0, 0.05) is 25.5 Å². The molecule has 1 N–H and O–H groups in total. The first kappa shape index (κ1) is 12.8. The van der Waals surface area contributed by atoms with Crippen LogP contribution in [0.5, 0.6) is 0 Å². The first-order chi connectivity index (χ1) is 8.20. The van der Waals surface area contributed by atoms with Gasteiger partial charge in [-0.3, -0.25) is 10.1 Å². The molecular formula is C13H23NO3. The lowest BCUT2D eigenvalue weighted by Gasteiger charge is -2.46. The molecule has 2 fully saturated rings. The molecule has 98 valence electrons. The predicted octanol–water partition coefficient (Wildman–Crippen LogP) is 1.63. The summed E-state index contributed by atoms with van der Waals surface area (Å²) < 4.78 is 10.5. The molecule has 4 heteroatoms. The lowest BCUT2D eigenvalue weighted by molar-refractivity contribution is -0.162. The summed E-state index contributed by atoms with van der Waals surface area (Å²) >= 11 is 0. The highest BCUT2D eigenvalue weighted by Gasteiger charge is 2.52. The van der Waals surface area contributed by atoms with Crippen molar-refractivity contribution in [2.75, 3.05) is 13.7 Å². The molecule has 0 unspecified atom stereocenters. The van der Waals surface area contributed by atoms with E-state index >= 15 is 0 Å². The van der Waals surface area contributed by atoms with Crippen molar-refractivity contribution in [2.24, 2.45) is 0 Å². The van der Waals surface area contributed by atoms with Crippen molar-refractivity contribution in [3.63, 3.8) is 0 Å². The maximum atomic E-state index is 11.9. The van der Waals surface area contributed by atoms with Crippen molar-refractivity contribution >= 4 is 5.97 Å². The number of methoxy groups -OCH3 is 1. The quantitative estimate of drug-likeness (QED) is 0.743. The third kappa shape index (κ3) is 2.63. The number of esters is 1. The Hall–Kier alpha value is -0.610. The number of hydrogen-bond donors (Lipinski definition) is 1. The molecule has 0 aromatic heterocycles. The number of carbonyl (C=O) groups excluding carboxylic acids is 1. The van der Waals surface area contributed by atoms with Crippen LogP contribution in [0, 0.1) is 0 Å². The van der Waals surface area contributed by atoms with Crippen molar-refractivity contribution in [2.45, 2.75) is 63.1 Å². The number of carbonyl (C=O) groups is 1. The van der Waals surface area contributed by atoms with Gasteiger partial charge in [-0.2, -0.15) is 0 Å². The first-order valence-electron chi connectivity index (χ1n) is 6.68. The minimum absolute atomic E-state index is 0.125. The largest absolute Gasteiger partial charge is 0.468 e. The van der Waals surface area contributed by atoms with Crippen LogP contribution in [0.2, 0.25) is 0 Å². The molecule has 2 aliphatic rings. The van der Waals surface area contributed by atoms with Gasteiger partial charge in [0.1, 0.15) is 5.54 Å². The van der Waals surface area contributed by atoms with E-state index in [0.29, 0.717) is 12.6 Å². The topological polar surface area (TPSA) is 47.6 Å². The Balaban J connectivity index is 1.92. The zero-order chi connectivity index (χ0) is 12.3. The lowest BCUT2D eigenvalue weighted by atomic mass is 9.73. The molecule has 2 rings (SSSR count). The number of nitrogens with one attached hydrogen (secondary N) is 1. The lowest BCUT2D eigenvalue weighted by Crippen LogP contribution is -2.65. The summed E-state index contributed by atoms with van der Waals surface area (Å²) in [5, 5.41) is 3.51. The van der Waals surface area contributed by atoms with Gasteiger partial charge in [0.05, 0.1) is 13.2 Å². The monoisotopic (exact) mass is 241 g/mol. The maximum Gasteiger partial charge on any atom is 0.326 e. The van der Waals surface area contributed by atoms with E-state index in [1.165, 1.54) is 32.8 Å². The Morgan fingerprint density at radius 3 is 2.53 bits per heavy atom. The van der Waals surface area contributed by atoms with Gasteiger partial charge in [-0.05, 0) is 19.8 Å². The summed E-state index contributed by atoms with van der Waals surface area (Å²) in [6.45, 7) is 2.70. The molecule has 0 heterocycles. The van der Waals surface area contributed by atoms with Gasteiger partial charge in [0.25, 0.3) is 0 Å². The average Bonchev–Trinajstić information content (AvgIpc) is 2.77. The molecule has 0 aliphatic heterocycles. The molecular weight excluding hydrogens is 218 g/mol. The number of ether oxygens (including phenoxy) is 2. The first-order valence-corrected chi connectivity index (χ1v) is 6.68. The van der Waals surface area contributed by atoms with E-state index in [0.717, 1.165) is 12.8 Å². The highest BCUT2D eigenvalue weighted by molar-refractivity contribution is 5.82. The standard InChI is InChI=1S/C13H23NO3/c1-3-17-11-8-13(9-11,12(15)16-2)14-10-6-4-5-7-10/h10-11,14H,3-9H2,1-2H3. The van der Waals surface area contributed by atoms with Crippen LogP contribution >= 0.6 is 0 Å². The molecule has 2 aliphatic carbocycles. The Morgan fingerprint density at radius 2 is 2.00 bits per heavy atom. The van der Waals surface area contributed by atoms with E-state index in [2.05, 4.69) is 5.32 Å². The van der Waals surface area contributed by atoms with Crippen molar-refractivity contribution in [3.05, 3.63) is 0 Å². The van der Waals surface area contributed by atoms with E-state index in [-0.39, 0.29) is 12.1 Å². The fraction of sp³-hybridized carbons (Fsp3) is 0.923. The van der Waals surface area contributed by atoms with Gasteiger partial charge < -0.3 is 9.47 Å². The minimum atomic E-state index is -0.469. The molecule has 0 bridgehead atoms. The fourth-order valence-corrected chi connectivity index (χ4v) is 3.07. The van der Waals surface area contributed by atoms with Crippen molar-refractivity contribution in [1.29, 1.82) is 0 Å². The minimum Gasteiger partial charge on any atom is -0.468 e. The van der Waals surface area contributed by atoms with Gasteiger partial charge in [-0.25, -0.2) is 0 Å². The van der Waals surface area contributed by atoms with Crippen LogP contribution in [-0.2, 0) is 14.3 Å². The molecule has 4 nitrogen and oxygen atoms in total. The highest BCUT2D eigenvalue weighted by atomic mass is 16.5. The summed E-state index contributed by atoms with van der Waals surface area (Å²) in [4.78, 5) is 11.9. The van der Waals surface area contributed by atoms with Crippen LogP contribution in [0.3, 0.4) is 0 Å². The summed E-state index contributed by atoms with van der Waals surface area (Å²) in [6.07, 6.45) is 6.62. The maximum absolute atomic E-state index is 11.9. The molecule has 0 aromatic rings. The van der Waals surface area contributed by atoms with E-state index < -0.39 is 5.54 Å². The van der Waals surface area contributed by atoms with E-state index in [9.17, 15) is 4.79 Å². The third-order valence-corrected chi connectivity index (χ3v) is 3.97. The zero-order valence-corrected chi connectivity index (χ0v) is 10.8. The summed E-state index contributed by atoms with van der Waals surface area (Å²) in [6, 6.07) is 0.483. The highest BCUT2D eigenvalue weighted by Crippen LogP contribution is 2.37. The Kier molecular flexibility index (Phi) is 4.05. The summed E-state index contributed by atoms with van der Waals surface area (Å²) in [5.41, 5.74) is -0.469. The SMILES string of the molecule is CCOC1CC(NC2CCCC2)(C(=O)OC)C1. The molecule has 2 saturated carbocycles. The van der Waals surface area contributed by atoms with Crippen LogP contribution in [0.25, 0.3) is 0 Å². The summed E-state index contributed by atoms with van der Waals surface area (Å²) in [7, 11) is 1.47. The molecule has 0 spiro atoms. The van der Waals surface area contributed by atoms with E-state index in [4.69, 9.17) is 9.47 Å². The van der Waals surface area contributed by atoms with Crippen LogP contribution in [-0.4, -0.2) is 37.4 Å². The normalized spacial score (nSPS) is 33.4. The second-order valence-corrected chi connectivity index (χ2v) is 5.19. The van der Waals surface area contributed by atoms with E-state index in [1.54, 1.807) is 0 Å². The Labute approximate surface area is 103 Å². The van der Waals surface area contributed by atoms with Gasteiger partial charge in [-0.15, -0.1) is 0 Å². The molecule has 17 heavy (non-hydrogen) atoms. The second kappa shape index (κ2) is 5.36. The third-order valence-electron chi connectivity index (χ3n) is 3.97. The summed E-state index contributed by atoms with van der Waals surface area (Å²) in [5.74, 6) is -0.125. The molecule has 0 aromatic carbocycles. The number of rotatable bonds is 5. The zero-order valence-electron chi connectivity index (χ0n) is 10.8. The number of hydrogen-bond acceptors (Lipinski definition) is 4. The average molecular weight is 241 g/mol. The van der Waals surface area contributed by atoms with E-state index in [1.807, 2.05) is 6.92 Å². The van der Waals surface area contributed by atoms with Crippen molar-refractivity contribution < 1.29 is 14.3 Å². The predicted molar refractivity (Wildman–Crippen MR) is 64.8 cm³/mol. The van der Waals surface area contributed by atoms with Crippen molar-refractivity contribution in [3.8, 4) is 0 Å². The van der Waals surface area contributed by atoms with Crippen LogP contribution < -0.4 is 5.32 Å². The molecule has 0 radical (unpaired) electrons. The smallest absolute Gasteiger partial charge is 0.326 e.